The lowest BCUT2D eigenvalue weighted by molar-refractivity contribution is -0.364. The molecule has 22 heavy (non-hydrogen) atoms. The van der Waals surface area contributed by atoms with Crippen molar-refractivity contribution in [3.63, 3.8) is 0 Å². The van der Waals surface area contributed by atoms with Crippen LogP contribution in [-0.4, -0.2) is 21.0 Å². The van der Waals surface area contributed by atoms with E-state index in [0.29, 0.717) is 18.3 Å². The summed E-state index contributed by atoms with van der Waals surface area (Å²) in [4.78, 5) is 3.29. The monoisotopic (exact) mass is 318 g/mol. The van der Waals surface area contributed by atoms with Crippen molar-refractivity contribution < 1.29 is 13.4 Å². The van der Waals surface area contributed by atoms with Crippen molar-refractivity contribution >= 4 is 21.5 Å². The Balaban J connectivity index is 1.87. The molecule has 6 heteroatoms. The Morgan fingerprint density at radius 1 is 1.18 bits per heavy atom. The van der Waals surface area contributed by atoms with Gasteiger partial charge in [-0.25, -0.2) is 13.4 Å². The van der Waals surface area contributed by atoms with E-state index in [-0.39, 0.29) is 4.90 Å². The van der Waals surface area contributed by atoms with E-state index in [4.69, 9.17) is 0 Å². The van der Waals surface area contributed by atoms with Crippen LogP contribution in [0.4, 0.5) is 11.5 Å². The number of aromatic nitrogens is 1. The number of hydrogen-bond donors (Lipinski definition) is 1. The number of aromatic amines is 1. The lowest BCUT2D eigenvalue weighted by Gasteiger charge is -2.22. The van der Waals surface area contributed by atoms with Crippen LogP contribution in [0.15, 0.2) is 53.6 Å². The Morgan fingerprint density at radius 2 is 1.91 bits per heavy atom. The van der Waals surface area contributed by atoms with Crippen LogP contribution in [0.3, 0.4) is 0 Å². The van der Waals surface area contributed by atoms with Crippen molar-refractivity contribution in [2.24, 2.45) is 0 Å². The highest BCUT2D eigenvalue weighted by Gasteiger charge is 2.28. The molecule has 1 aliphatic rings. The molecule has 116 valence electrons. The van der Waals surface area contributed by atoms with Gasteiger partial charge in [0.25, 0.3) is 15.8 Å². The van der Waals surface area contributed by atoms with Gasteiger partial charge in [-0.15, -0.1) is 0 Å². The summed E-state index contributed by atoms with van der Waals surface area (Å²) in [6, 6.07) is 13.1. The number of hydrogen-bond acceptors (Lipinski definition) is 3. The first kappa shape index (κ1) is 14.8. The zero-order valence-corrected chi connectivity index (χ0v) is 13.3. The van der Waals surface area contributed by atoms with E-state index in [9.17, 15) is 8.42 Å². The Kier molecular flexibility index (Phi) is 4.02. The van der Waals surface area contributed by atoms with Gasteiger partial charge in [0.2, 0.25) is 0 Å². The molecular formula is C16H20N3O2S+. The Bertz CT molecular complexity index is 726. The van der Waals surface area contributed by atoms with Gasteiger partial charge in [-0.2, -0.15) is 0 Å². The molecule has 2 N–H and O–H groups in total. The summed E-state index contributed by atoms with van der Waals surface area (Å²) >= 11 is 0. The normalized spacial score (nSPS) is 14.6. The number of nitrogens with zero attached hydrogens (tertiary/aromatic N) is 1. The molecular weight excluding hydrogens is 298 g/mol. The van der Waals surface area contributed by atoms with Crippen LogP contribution in [0.25, 0.3) is 0 Å². The van der Waals surface area contributed by atoms with Crippen LogP contribution >= 0.6 is 0 Å². The predicted octanol–water partition coefficient (Wildman–Crippen LogP) is 2.29. The van der Waals surface area contributed by atoms with Crippen LogP contribution in [-0.2, 0) is 10.0 Å². The molecule has 0 amide bonds. The highest BCUT2D eigenvalue weighted by molar-refractivity contribution is 7.92. The second kappa shape index (κ2) is 5.96. The fourth-order valence-electron chi connectivity index (χ4n) is 2.32. The molecule has 1 fully saturated rings. The SMILES string of the molecule is CCN(c1ccccc1)S(=O)(=O)c1ccc(NC2CC2)[nH+]c1. The Morgan fingerprint density at radius 3 is 2.45 bits per heavy atom. The average Bonchev–Trinajstić information content (AvgIpc) is 3.33. The molecule has 2 aromatic rings. The molecule has 0 saturated heterocycles. The highest BCUT2D eigenvalue weighted by Crippen LogP contribution is 2.24. The molecule has 1 aliphatic carbocycles. The molecule has 1 aromatic heterocycles. The average molecular weight is 318 g/mol. The zero-order chi connectivity index (χ0) is 15.6. The molecule has 0 unspecified atom stereocenters. The Hall–Kier alpha value is -2.08. The molecule has 1 heterocycles. The molecule has 1 saturated carbocycles. The quantitative estimate of drug-likeness (QED) is 0.889. The van der Waals surface area contributed by atoms with Crippen molar-refractivity contribution in [1.82, 2.24) is 0 Å². The summed E-state index contributed by atoms with van der Waals surface area (Å²) in [6.07, 6.45) is 3.89. The van der Waals surface area contributed by atoms with E-state index in [1.165, 1.54) is 17.1 Å². The number of sulfonamides is 1. The number of nitrogens with one attached hydrogen (secondary N) is 2. The first-order valence-electron chi connectivity index (χ1n) is 7.47. The van der Waals surface area contributed by atoms with Crippen LogP contribution < -0.4 is 14.6 Å². The van der Waals surface area contributed by atoms with E-state index < -0.39 is 10.0 Å². The summed E-state index contributed by atoms with van der Waals surface area (Å²) in [6.45, 7) is 2.21. The maximum atomic E-state index is 12.8. The van der Waals surface area contributed by atoms with Crippen LogP contribution in [0.5, 0.6) is 0 Å². The van der Waals surface area contributed by atoms with E-state index in [1.807, 2.05) is 25.1 Å². The molecule has 1 aromatic carbocycles. The van der Waals surface area contributed by atoms with Crippen molar-refractivity contribution in [1.29, 1.82) is 0 Å². The second-order valence-electron chi connectivity index (χ2n) is 5.36. The maximum absolute atomic E-state index is 12.8. The van der Waals surface area contributed by atoms with E-state index in [0.717, 1.165) is 5.82 Å². The fourth-order valence-corrected chi connectivity index (χ4v) is 3.76. The third kappa shape index (κ3) is 3.06. The second-order valence-corrected chi connectivity index (χ2v) is 7.22. The number of rotatable bonds is 6. The van der Waals surface area contributed by atoms with Crippen LogP contribution in [0, 0.1) is 0 Å². The summed E-state index contributed by atoms with van der Waals surface area (Å²) in [5, 5.41) is 3.31. The molecule has 0 bridgehead atoms. The minimum Gasteiger partial charge on any atom is -0.272 e. The molecule has 0 radical (unpaired) electrons. The number of pyridine rings is 1. The summed E-state index contributed by atoms with van der Waals surface area (Å²) < 4.78 is 27.0. The standard InChI is InChI=1S/C16H19N3O2S/c1-2-19(14-6-4-3-5-7-14)22(20,21)15-10-11-16(17-12-15)18-13-8-9-13/h3-7,10-13H,2,8-9H2,1H3,(H,17,18)/p+1. The van der Waals surface area contributed by atoms with Crippen molar-refractivity contribution in [2.45, 2.75) is 30.7 Å². The van der Waals surface area contributed by atoms with Gasteiger partial charge in [-0.05, 0) is 38.0 Å². The lowest BCUT2D eigenvalue weighted by atomic mass is 10.3. The molecule has 0 spiro atoms. The lowest BCUT2D eigenvalue weighted by Crippen LogP contribution is -2.31. The van der Waals surface area contributed by atoms with Crippen molar-refractivity contribution in [2.75, 3.05) is 16.2 Å². The van der Waals surface area contributed by atoms with Crippen LogP contribution in [0.1, 0.15) is 19.8 Å². The molecule has 0 atom stereocenters. The first-order valence-corrected chi connectivity index (χ1v) is 8.91. The van der Waals surface area contributed by atoms with E-state index in [1.54, 1.807) is 30.5 Å². The van der Waals surface area contributed by atoms with Gasteiger partial charge in [0.1, 0.15) is 11.1 Å². The maximum Gasteiger partial charge on any atom is 0.272 e. The summed E-state index contributed by atoms with van der Waals surface area (Å²) in [7, 11) is -3.56. The minimum atomic E-state index is -3.56. The fraction of sp³-hybridized carbons (Fsp3) is 0.312. The third-order valence-electron chi connectivity index (χ3n) is 3.64. The Labute approximate surface area is 131 Å². The van der Waals surface area contributed by atoms with E-state index >= 15 is 0 Å². The van der Waals surface area contributed by atoms with Crippen molar-refractivity contribution in [3.05, 3.63) is 48.7 Å². The molecule has 5 nitrogen and oxygen atoms in total. The smallest absolute Gasteiger partial charge is 0.272 e. The minimum absolute atomic E-state index is 0.263. The third-order valence-corrected chi connectivity index (χ3v) is 5.54. The van der Waals surface area contributed by atoms with Gasteiger partial charge in [-0.1, -0.05) is 18.2 Å². The zero-order valence-electron chi connectivity index (χ0n) is 12.5. The summed E-state index contributed by atoms with van der Waals surface area (Å²) in [5.74, 6) is 0.851. The number of anilines is 2. The van der Waals surface area contributed by atoms with Gasteiger partial charge in [0.05, 0.1) is 11.7 Å². The van der Waals surface area contributed by atoms with E-state index in [2.05, 4.69) is 10.3 Å². The van der Waals surface area contributed by atoms with Gasteiger partial charge in [-0.3, -0.25) is 9.62 Å². The molecule has 3 rings (SSSR count). The van der Waals surface area contributed by atoms with Crippen LogP contribution in [0.2, 0.25) is 0 Å². The van der Waals surface area contributed by atoms with Gasteiger partial charge in [0, 0.05) is 12.6 Å². The van der Waals surface area contributed by atoms with Crippen molar-refractivity contribution in [3.8, 4) is 0 Å². The number of para-hydroxylation sites is 1. The highest BCUT2D eigenvalue weighted by atomic mass is 32.2. The van der Waals surface area contributed by atoms with Gasteiger partial charge >= 0.3 is 0 Å². The predicted molar refractivity (Wildman–Crippen MR) is 86.3 cm³/mol. The largest absolute Gasteiger partial charge is 0.272 e. The summed E-state index contributed by atoms with van der Waals surface area (Å²) in [5.41, 5.74) is 0.671. The topological polar surface area (TPSA) is 63.6 Å². The number of H-pyrrole nitrogens is 1. The first-order chi connectivity index (χ1) is 10.6. The van der Waals surface area contributed by atoms with Gasteiger partial charge < -0.3 is 0 Å². The number of benzene rings is 1. The molecule has 0 aliphatic heterocycles. The van der Waals surface area contributed by atoms with Gasteiger partial charge in [0.15, 0.2) is 0 Å².